The molecule has 0 radical (unpaired) electrons. The number of hydrogen-bond acceptors (Lipinski definition) is 1. The van der Waals surface area contributed by atoms with Crippen LogP contribution in [0.5, 0.6) is 0 Å². The van der Waals surface area contributed by atoms with E-state index in [1.54, 1.807) is 12.5 Å². The summed E-state index contributed by atoms with van der Waals surface area (Å²) in [5.41, 5.74) is 9.18. The predicted octanol–water partition coefficient (Wildman–Crippen LogP) is 1.32. The van der Waals surface area contributed by atoms with E-state index in [9.17, 15) is 0 Å². The van der Waals surface area contributed by atoms with Crippen molar-refractivity contribution in [3.05, 3.63) is 138 Å². The van der Waals surface area contributed by atoms with Crippen molar-refractivity contribution in [2.45, 2.75) is 19.8 Å². The minimum Gasteiger partial charge on any atom is -0.179 e. The van der Waals surface area contributed by atoms with Crippen LogP contribution in [0.4, 0.5) is 0 Å². The van der Waals surface area contributed by atoms with Crippen molar-refractivity contribution in [2.75, 3.05) is 0 Å². The fourth-order valence-electron chi connectivity index (χ4n) is 3.91. The molecule has 1 atom stereocenters. The summed E-state index contributed by atoms with van der Waals surface area (Å²) in [5, 5.41) is 0. The Morgan fingerprint density at radius 3 is 2.37 bits per heavy atom. The molecule has 0 N–H and O–H groups in total. The number of allylic oxidation sites excluding steroid dienone is 4. The second-order valence-electron chi connectivity index (χ2n) is 8.01. The molecule has 0 aliphatic heterocycles. The second-order valence-corrected chi connectivity index (χ2v) is 9.01. The van der Waals surface area contributed by atoms with Crippen molar-refractivity contribution >= 4 is 9.28 Å². The third-order valence-corrected chi connectivity index (χ3v) is 6.07. The summed E-state index contributed by atoms with van der Waals surface area (Å²) in [6.07, 6.45) is 13.1. The quantitative estimate of drug-likeness (QED) is 0.296. The van der Waals surface area contributed by atoms with Gasteiger partial charge in [0.1, 0.15) is 0 Å². The SMILES string of the molecule is CC1[C-]=C(c2ccoc2)C=C1.[Cl-].[Cl-].[Zr+2]=[CH]Cc1ccccc1.[c-]1cccc2c1Cc1ccccc1-2. The van der Waals surface area contributed by atoms with Crippen LogP contribution in [0.25, 0.3) is 16.7 Å². The first-order valence-electron chi connectivity index (χ1n) is 11.2. The van der Waals surface area contributed by atoms with Crippen LogP contribution in [-0.4, -0.2) is 3.71 Å². The molecule has 0 saturated carbocycles. The first kappa shape index (κ1) is 29.0. The third-order valence-electron chi connectivity index (χ3n) is 5.56. The molecule has 0 fully saturated rings. The molecule has 4 aromatic rings. The summed E-state index contributed by atoms with van der Waals surface area (Å²) in [7, 11) is 0. The Morgan fingerprint density at radius 1 is 0.943 bits per heavy atom. The molecule has 2 aliphatic carbocycles. The van der Waals surface area contributed by atoms with E-state index in [4.69, 9.17) is 4.42 Å². The molecule has 0 amide bonds. The number of benzene rings is 3. The summed E-state index contributed by atoms with van der Waals surface area (Å²) < 4.78 is 7.22. The molecule has 1 unspecified atom stereocenters. The van der Waals surface area contributed by atoms with Crippen LogP contribution in [0.3, 0.4) is 0 Å². The van der Waals surface area contributed by atoms with Crippen molar-refractivity contribution in [3.8, 4) is 11.1 Å². The Balaban J connectivity index is 0.000000183. The summed E-state index contributed by atoms with van der Waals surface area (Å²) in [5.74, 6) is 0.444. The zero-order chi connectivity index (χ0) is 22.9. The molecule has 3 aromatic carbocycles. The van der Waals surface area contributed by atoms with E-state index < -0.39 is 0 Å². The topological polar surface area (TPSA) is 13.1 Å². The monoisotopic (exact) mass is 574 g/mol. The normalized spacial score (nSPS) is 13.9. The van der Waals surface area contributed by atoms with Crippen molar-refractivity contribution in [3.63, 3.8) is 0 Å². The van der Waals surface area contributed by atoms with Gasteiger partial charge in [0.25, 0.3) is 0 Å². The first-order valence-corrected chi connectivity index (χ1v) is 12.6. The maximum atomic E-state index is 4.97. The van der Waals surface area contributed by atoms with Crippen molar-refractivity contribution in [1.29, 1.82) is 0 Å². The molecule has 0 bridgehead atoms. The van der Waals surface area contributed by atoms with E-state index in [1.807, 2.05) is 18.2 Å². The van der Waals surface area contributed by atoms with Crippen LogP contribution >= 0.6 is 0 Å². The van der Waals surface area contributed by atoms with Crippen molar-refractivity contribution in [1.82, 2.24) is 0 Å². The Hall–Kier alpha value is -2.25. The van der Waals surface area contributed by atoms with Gasteiger partial charge in [-0.05, 0) is 6.42 Å². The average Bonchev–Trinajstić information content (AvgIpc) is 3.60. The van der Waals surface area contributed by atoms with Crippen LogP contribution in [0, 0.1) is 18.1 Å². The van der Waals surface area contributed by atoms with Gasteiger partial charge >= 0.3 is 70.3 Å². The molecule has 4 heteroatoms. The van der Waals surface area contributed by atoms with E-state index in [0.29, 0.717) is 5.92 Å². The van der Waals surface area contributed by atoms with Crippen LogP contribution in [-0.2, 0) is 37.1 Å². The summed E-state index contributed by atoms with van der Waals surface area (Å²) in [6, 6.07) is 30.6. The Kier molecular flexibility index (Phi) is 12.4. The van der Waals surface area contributed by atoms with Gasteiger partial charge < -0.3 is 29.2 Å². The van der Waals surface area contributed by atoms with Crippen molar-refractivity contribution in [2.24, 2.45) is 5.92 Å². The maximum Gasteiger partial charge on any atom is -0.0253 e. The minimum atomic E-state index is 0. The maximum absolute atomic E-state index is 4.97. The molecule has 1 nitrogen and oxygen atoms in total. The van der Waals surface area contributed by atoms with Crippen LogP contribution in [0.15, 0.2) is 108 Å². The van der Waals surface area contributed by atoms with Crippen LogP contribution in [0.1, 0.15) is 29.2 Å². The van der Waals surface area contributed by atoms with Gasteiger partial charge in [0.05, 0.1) is 6.26 Å². The van der Waals surface area contributed by atoms with E-state index in [1.165, 1.54) is 52.1 Å². The molecule has 0 saturated heterocycles. The third kappa shape index (κ3) is 8.14. The average molecular weight is 577 g/mol. The smallest absolute Gasteiger partial charge is 0.0253 e. The molecule has 6 rings (SSSR count). The van der Waals surface area contributed by atoms with E-state index in [0.717, 1.165) is 24.0 Å². The zero-order valence-corrected chi connectivity index (χ0v) is 23.5. The molecule has 1 heterocycles. The van der Waals surface area contributed by atoms with E-state index in [2.05, 4.69) is 95.6 Å². The molecule has 176 valence electrons. The van der Waals surface area contributed by atoms with Gasteiger partial charge in [-0.2, -0.15) is 47.6 Å². The van der Waals surface area contributed by atoms with Crippen molar-refractivity contribution < 1.29 is 53.5 Å². The number of halogens is 2. The van der Waals surface area contributed by atoms with E-state index in [-0.39, 0.29) is 24.8 Å². The largest absolute Gasteiger partial charge is 0.179 e. The fraction of sp³-hybridized carbons (Fsp3) is 0.129. The van der Waals surface area contributed by atoms with Gasteiger partial charge in [0, 0.05) is 6.26 Å². The summed E-state index contributed by atoms with van der Waals surface area (Å²) >= 11 is 1.51. The molecular formula is C31H26Cl2OZr-2. The zero-order valence-electron chi connectivity index (χ0n) is 19.5. The number of fused-ring (bicyclic) bond motifs is 3. The van der Waals surface area contributed by atoms with Gasteiger partial charge in [-0.3, -0.25) is 0 Å². The van der Waals surface area contributed by atoms with Crippen LogP contribution < -0.4 is 24.8 Å². The molecule has 1 aromatic heterocycles. The Bertz CT molecular complexity index is 1200. The van der Waals surface area contributed by atoms with Gasteiger partial charge in [0.2, 0.25) is 0 Å². The molecular weight excluding hydrogens is 550 g/mol. The molecule has 0 spiro atoms. The standard InChI is InChI=1S/C13H9.C10H9O.C8H8.2ClH.Zr/c1-3-7-12-10(5-1)9-11-6-2-4-8-13(11)12;1-8-2-3-9(6-8)10-4-5-11-7-10;1-2-8-6-4-3-5-7-8;;;/h1-5,7-8H,9H2;2-5,7-8H,1H3;1,3-7H,2H2;2*1H;/q2*-1;;;;+2/p-2. The van der Waals surface area contributed by atoms with Gasteiger partial charge in [-0.15, -0.1) is 11.6 Å². The Morgan fingerprint density at radius 2 is 1.69 bits per heavy atom. The van der Waals surface area contributed by atoms with Gasteiger partial charge in [-0.1, -0.05) is 59.9 Å². The van der Waals surface area contributed by atoms with E-state index >= 15 is 0 Å². The first-order chi connectivity index (χ1) is 16.2. The van der Waals surface area contributed by atoms with Gasteiger partial charge in [-0.25, -0.2) is 0 Å². The molecule has 2 aliphatic rings. The van der Waals surface area contributed by atoms with Crippen LogP contribution in [0.2, 0.25) is 0 Å². The van der Waals surface area contributed by atoms with Gasteiger partial charge in [0.15, 0.2) is 0 Å². The molecule has 35 heavy (non-hydrogen) atoms. The second kappa shape index (κ2) is 15.0. The predicted molar refractivity (Wildman–Crippen MR) is 133 cm³/mol. The number of furan rings is 1. The number of hydrogen-bond donors (Lipinski definition) is 0. The number of rotatable bonds is 3. The minimum absolute atomic E-state index is 0. The summed E-state index contributed by atoms with van der Waals surface area (Å²) in [4.78, 5) is 0. The summed E-state index contributed by atoms with van der Waals surface area (Å²) in [6.45, 7) is 2.11. The Labute approximate surface area is 236 Å². The fourth-order valence-corrected chi connectivity index (χ4v) is 4.49.